The van der Waals surface area contributed by atoms with Crippen LogP contribution in [0.3, 0.4) is 0 Å². The molecule has 2 rings (SSSR count). The lowest BCUT2D eigenvalue weighted by atomic mass is 10.1. The van der Waals surface area contributed by atoms with Crippen LogP contribution in [-0.4, -0.2) is 5.91 Å². The number of nitrogens with one attached hydrogen (secondary N) is 1. The fourth-order valence-electron chi connectivity index (χ4n) is 1.94. The van der Waals surface area contributed by atoms with Crippen LogP contribution >= 0.6 is 0 Å². The number of benzene rings is 2. The topological polar surface area (TPSA) is 52.9 Å². The summed E-state index contributed by atoms with van der Waals surface area (Å²) in [5.74, 6) is -0.154. The third-order valence-electron chi connectivity index (χ3n) is 2.99. The summed E-state index contributed by atoms with van der Waals surface area (Å²) >= 11 is 0. The van der Waals surface area contributed by atoms with E-state index in [0.29, 0.717) is 12.1 Å². The molecule has 0 aliphatic carbocycles. The summed E-state index contributed by atoms with van der Waals surface area (Å²) < 4.78 is 0. The largest absolute Gasteiger partial charge is 0.348 e. The number of rotatable bonds is 4. The van der Waals surface area contributed by atoms with E-state index in [1.54, 1.807) is 18.2 Å². The van der Waals surface area contributed by atoms with Gasteiger partial charge in [0.05, 0.1) is 11.6 Å². The van der Waals surface area contributed by atoms with Crippen LogP contribution in [0, 0.1) is 18.3 Å². The molecule has 0 fully saturated rings. The number of amides is 1. The van der Waals surface area contributed by atoms with Crippen LogP contribution in [0.4, 0.5) is 0 Å². The van der Waals surface area contributed by atoms with Crippen molar-refractivity contribution >= 4 is 12.0 Å². The van der Waals surface area contributed by atoms with E-state index in [1.807, 2.05) is 43.3 Å². The molecule has 0 spiro atoms. The molecule has 2 aromatic rings. The van der Waals surface area contributed by atoms with E-state index in [4.69, 9.17) is 5.26 Å². The monoisotopic (exact) mass is 276 g/mol. The van der Waals surface area contributed by atoms with Crippen LogP contribution in [0.15, 0.2) is 54.6 Å². The third kappa shape index (κ3) is 4.63. The molecule has 0 bridgehead atoms. The highest BCUT2D eigenvalue weighted by Gasteiger charge is 1.98. The predicted molar refractivity (Wildman–Crippen MR) is 83.2 cm³/mol. The van der Waals surface area contributed by atoms with Crippen molar-refractivity contribution < 1.29 is 4.79 Å². The van der Waals surface area contributed by atoms with E-state index in [-0.39, 0.29) is 5.91 Å². The van der Waals surface area contributed by atoms with Crippen LogP contribution in [0.25, 0.3) is 6.08 Å². The van der Waals surface area contributed by atoms with E-state index >= 15 is 0 Å². The van der Waals surface area contributed by atoms with Crippen molar-refractivity contribution in [2.45, 2.75) is 13.5 Å². The standard InChI is InChI=1S/C18H16N2O/c1-14-4-2-5-15(10-14)8-9-18(21)20-13-17-7-3-6-16(11-17)12-19/h2-11H,13H2,1H3,(H,20,21)/b9-8+. The maximum atomic E-state index is 11.8. The molecule has 0 atom stereocenters. The molecule has 0 saturated carbocycles. The highest BCUT2D eigenvalue weighted by molar-refractivity contribution is 5.91. The molecule has 0 aromatic heterocycles. The van der Waals surface area contributed by atoms with Gasteiger partial charge in [0.1, 0.15) is 0 Å². The Hall–Kier alpha value is -2.86. The van der Waals surface area contributed by atoms with Crippen molar-refractivity contribution in [3.63, 3.8) is 0 Å². The average molecular weight is 276 g/mol. The smallest absolute Gasteiger partial charge is 0.244 e. The Morgan fingerprint density at radius 1 is 1.24 bits per heavy atom. The lowest BCUT2D eigenvalue weighted by Gasteiger charge is -2.03. The lowest BCUT2D eigenvalue weighted by molar-refractivity contribution is -0.116. The highest BCUT2D eigenvalue weighted by atomic mass is 16.1. The minimum Gasteiger partial charge on any atom is -0.348 e. The first-order valence-corrected chi connectivity index (χ1v) is 6.69. The minimum absolute atomic E-state index is 0.154. The third-order valence-corrected chi connectivity index (χ3v) is 2.99. The first kappa shape index (κ1) is 14.5. The van der Waals surface area contributed by atoms with Gasteiger partial charge >= 0.3 is 0 Å². The Labute approximate surface area is 124 Å². The number of nitriles is 1. The zero-order valence-corrected chi connectivity index (χ0v) is 11.8. The summed E-state index contributed by atoms with van der Waals surface area (Å²) in [6.07, 6.45) is 3.30. The fraction of sp³-hybridized carbons (Fsp3) is 0.111. The molecule has 1 amide bonds. The van der Waals surface area contributed by atoms with Crippen molar-refractivity contribution in [1.29, 1.82) is 5.26 Å². The van der Waals surface area contributed by atoms with Gasteiger partial charge in [0.2, 0.25) is 5.91 Å². The van der Waals surface area contributed by atoms with E-state index < -0.39 is 0 Å². The Morgan fingerprint density at radius 3 is 2.81 bits per heavy atom. The van der Waals surface area contributed by atoms with Crippen LogP contribution in [-0.2, 0) is 11.3 Å². The Balaban J connectivity index is 1.91. The molecular weight excluding hydrogens is 260 g/mol. The van der Waals surface area contributed by atoms with Crippen molar-refractivity contribution in [1.82, 2.24) is 5.32 Å². The molecule has 21 heavy (non-hydrogen) atoms. The van der Waals surface area contributed by atoms with Crippen molar-refractivity contribution in [2.75, 3.05) is 0 Å². The van der Waals surface area contributed by atoms with Gasteiger partial charge in [-0.3, -0.25) is 4.79 Å². The number of carbonyl (C=O) groups excluding carboxylic acids is 1. The van der Waals surface area contributed by atoms with Crippen LogP contribution in [0.2, 0.25) is 0 Å². The second-order valence-electron chi connectivity index (χ2n) is 4.78. The van der Waals surface area contributed by atoms with Gasteiger partial charge in [-0.1, -0.05) is 42.0 Å². The molecule has 3 nitrogen and oxygen atoms in total. The molecule has 0 aliphatic rings. The first-order chi connectivity index (χ1) is 10.2. The second-order valence-corrected chi connectivity index (χ2v) is 4.78. The van der Waals surface area contributed by atoms with E-state index in [1.165, 1.54) is 6.08 Å². The summed E-state index contributed by atoms with van der Waals surface area (Å²) in [5, 5.41) is 11.6. The normalized spacial score (nSPS) is 10.3. The van der Waals surface area contributed by atoms with Gasteiger partial charge in [-0.25, -0.2) is 0 Å². The number of aryl methyl sites for hydroxylation is 1. The highest BCUT2D eigenvalue weighted by Crippen LogP contribution is 2.06. The van der Waals surface area contributed by atoms with E-state index in [0.717, 1.165) is 16.7 Å². The summed E-state index contributed by atoms with van der Waals surface area (Å²) in [6.45, 7) is 2.42. The molecule has 0 aliphatic heterocycles. The van der Waals surface area contributed by atoms with Gasteiger partial charge in [-0.2, -0.15) is 5.26 Å². The summed E-state index contributed by atoms with van der Waals surface area (Å²) in [4.78, 5) is 11.8. The molecular formula is C18H16N2O. The maximum absolute atomic E-state index is 11.8. The van der Waals surface area contributed by atoms with Gasteiger partial charge in [-0.15, -0.1) is 0 Å². The fourth-order valence-corrected chi connectivity index (χ4v) is 1.94. The summed E-state index contributed by atoms with van der Waals surface area (Å²) in [7, 11) is 0. The summed E-state index contributed by atoms with van der Waals surface area (Å²) in [5.41, 5.74) is 3.66. The SMILES string of the molecule is Cc1cccc(/C=C/C(=O)NCc2cccc(C#N)c2)c1. The maximum Gasteiger partial charge on any atom is 0.244 e. The van der Waals surface area contributed by atoms with Gasteiger partial charge in [0.25, 0.3) is 0 Å². The molecule has 0 radical (unpaired) electrons. The van der Waals surface area contributed by atoms with Gasteiger partial charge in [0.15, 0.2) is 0 Å². The van der Waals surface area contributed by atoms with Crippen LogP contribution in [0.1, 0.15) is 22.3 Å². The van der Waals surface area contributed by atoms with Crippen molar-refractivity contribution in [2.24, 2.45) is 0 Å². The predicted octanol–water partition coefficient (Wildman–Crippen LogP) is 3.20. The second kappa shape index (κ2) is 7.06. The van der Waals surface area contributed by atoms with Crippen LogP contribution < -0.4 is 5.32 Å². The Bertz CT molecular complexity index is 711. The number of hydrogen-bond acceptors (Lipinski definition) is 2. The molecule has 3 heteroatoms. The average Bonchev–Trinajstić information content (AvgIpc) is 2.51. The van der Waals surface area contributed by atoms with Gasteiger partial charge in [-0.05, 0) is 36.3 Å². The first-order valence-electron chi connectivity index (χ1n) is 6.69. The van der Waals surface area contributed by atoms with E-state index in [9.17, 15) is 4.79 Å². The zero-order valence-electron chi connectivity index (χ0n) is 11.8. The number of carbonyl (C=O) groups is 1. The molecule has 0 heterocycles. The van der Waals surface area contributed by atoms with E-state index in [2.05, 4.69) is 11.4 Å². The molecule has 1 N–H and O–H groups in total. The summed E-state index contributed by atoms with van der Waals surface area (Å²) in [6, 6.07) is 17.2. The minimum atomic E-state index is -0.154. The molecule has 0 unspecified atom stereocenters. The molecule has 104 valence electrons. The van der Waals surface area contributed by atoms with Gasteiger partial charge < -0.3 is 5.32 Å². The quantitative estimate of drug-likeness (QED) is 0.872. The lowest BCUT2D eigenvalue weighted by Crippen LogP contribution is -2.20. The van der Waals surface area contributed by atoms with Crippen molar-refractivity contribution in [3.05, 3.63) is 76.9 Å². The molecule has 2 aromatic carbocycles. The van der Waals surface area contributed by atoms with Crippen molar-refractivity contribution in [3.8, 4) is 6.07 Å². The number of hydrogen-bond donors (Lipinski definition) is 1. The molecule has 0 saturated heterocycles. The van der Waals surface area contributed by atoms with Crippen LogP contribution in [0.5, 0.6) is 0 Å². The Kier molecular flexibility index (Phi) is 4.89. The van der Waals surface area contributed by atoms with Gasteiger partial charge in [0, 0.05) is 12.6 Å². The zero-order chi connectivity index (χ0) is 15.1. The Morgan fingerprint density at radius 2 is 2.05 bits per heavy atom. The number of nitrogens with zero attached hydrogens (tertiary/aromatic N) is 1.